The highest BCUT2D eigenvalue weighted by Gasteiger charge is 2.31. The first kappa shape index (κ1) is 25.4. The molecule has 1 heterocycles. The van der Waals surface area contributed by atoms with Crippen molar-refractivity contribution in [3.63, 3.8) is 0 Å². The summed E-state index contributed by atoms with van der Waals surface area (Å²) in [6.07, 6.45) is -3.29. The number of hydrogen-bond acceptors (Lipinski definition) is 5. The minimum atomic E-state index is -4.75. The number of nitrogens with one attached hydrogen (secondary N) is 2. The molecule has 7 nitrogen and oxygen atoms in total. The number of aliphatic hydroxyl groups is 1. The summed E-state index contributed by atoms with van der Waals surface area (Å²) < 4.78 is 42.3. The molecule has 0 aliphatic rings. The van der Waals surface area contributed by atoms with E-state index in [2.05, 4.69) is 25.5 Å². The normalized spacial score (nSPS) is 12.1. The zero-order valence-electron chi connectivity index (χ0n) is 18.4. The molecular formula is C24H19ClF3N5O2S. The van der Waals surface area contributed by atoms with Crippen molar-refractivity contribution < 1.29 is 23.0 Å². The lowest BCUT2D eigenvalue weighted by Crippen LogP contribution is -2.34. The van der Waals surface area contributed by atoms with Crippen molar-refractivity contribution >= 4 is 34.6 Å². The monoisotopic (exact) mass is 533 g/mol. The molecule has 0 saturated heterocycles. The number of ether oxygens (including phenoxy) is 1. The summed E-state index contributed by atoms with van der Waals surface area (Å²) in [6.45, 7) is -0.173. The van der Waals surface area contributed by atoms with Gasteiger partial charge in [0.25, 0.3) is 0 Å². The Labute approximate surface area is 214 Å². The van der Waals surface area contributed by atoms with Crippen molar-refractivity contribution in [3.8, 4) is 22.8 Å². The van der Waals surface area contributed by atoms with Gasteiger partial charge in [0.2, 0.25) is 0 Å². The maximum atomic E-state index is 12.3. The third-order valence-corrected chi connectivity index (χ3v) is 5.42. The maximum Gasteiger partial charge on any atom is 0.573 e. The number of alkyl halides is 3. The number of benzene rings is 3. The second kappa shape index (κ2) is 10.9. The number of rotatable bonds is 7. The average Bonchev–Trinajstić information content (AvgIpc) is 3.33. The summed E-state index contributed by atoms with van der Waals surface area (Å²) >= 11 is 11.4. The summed E-state index contributed by atoms with van der Waals surface area (Å²) in [6, 6.07) is 19.2. The van der Waals surface area contributed by atoms with Gasteiger partial charge in [-0.15, -0.1) is 18.3 Å². The fourth-order valence-electron chi connectivity index (χ4n) is 3.31. The van der Waals surface area contributed by atoms with Gasteiger partial charge in [0.15, 0.2) is 10.9 Å². The second-order valence-electron chi connectivity index (χ2n) is 7.52. The van der Waals surface area contributed by atoms with Crippen LogP contribution in [0.2, 0.25) is 5.02 Å². The first-order chi connectivity index (χ1) is 17.2. The van der Waals surface area contributed by atoms with E-state index in [-0.39, 0.29) is 12.4 Å². The summed E-state index contributed by atoms with van der Waals surface area (Å²) in [7, 11) is 0. The average molecular weight is 534 g/mol. The van der Waals surface area contributed by atoms with E-state index in [0.29, 0.717) is 27.3 Å². The molecule has 0 spiro atoms. The zero-order chi connectivity index (χ0) is 25.7. The molecular weight excluding hydrogens is 515 g/mol. The summed E-state index contributed by atoms with van der Waals surface area (Å²) in [5, 5.41) is 21.1. The Morgan fingerprint density at radius 2 is 1.81 bits per heavy atom. The lowest BCUT2D eigenvalue weighted by atomic mass is 10.1. The van der Waals surface area contributed by atoms with Gasteiger partial charge in [-0.3, -0.25) is 0 Å². The number of halogens is 4. The third-order valence-electron chi connectivity index (χ3n) is 4.97. The van der Waals surface area contributed by atoms with E-state index in [0.717, 1.165) is 11.1 Å². The van der Waals surface area contributed by atoms with Crippen LogP contribution in [0.15, 0.2) is 79.1 Å². The minimum absolute atomic E-state index is 0.173. The van der Waals surface area contributed by atoms with Crippen LogP contribution in [-0.2, 0) is 0 Å². The van der Waals surface area contributed by atoms with E-state index < -0.39 is 12.4 Å². The molecule has 12 heteroatoms. The first-order valence-corrected chi connectivity index (χ1v) is 11.3. The van der Waals surface area contributed by atoms with Crippen LogP contribution in [0, 0.1) is 0 Å². The zero-order valence-corrected chi connectivity index (χ0v) is 20.0. The molecule has 0 saturated carbocycles. The number of nitrogens with zero attached hydrogens (tertiary/aromatic N) is 3. The SMILES string of the molecule is OCC(NC(=S)Nc1ccc(-c2ncn(-c3ccc(OC(F)(F)F)cc3)n2)cc1)c1cccc(Cl)c1. The van der Waals surface area contributed by atoms with Crippen LogP contribution in [-0.4, -0.2) is 38.0 Å². The number of aliphatic hydroxyl groups excluding tert-OH is 1. The predicted octanol–water partition coefficient (Wildman–Crippen LogP) is 5.51. The summed E-state index contributed by atoms with van der Waals surface area (Å²) in [5.74, 6) is 0.110. The molecule has 0 aliphatic carbocycles. The van der Waals surface area contributed by atoms with Crippen molar-refractivity contribution in [2.24, 2.45) is 0 Å². The van der Waals surface area contributed by atoms with Crippen LogP contribution in [0.1, 0.15) is 11.6 Å². The molecule has 1 unspecified atom stereocenters. The van der Waals surface area contributed by atoms with Gasteiger partial charge < -0.3 is 20.5 Å². The van der Waals surface area contributed by atoms with Gasteiger partial charge >= 0.3 is 6.36 Å². The van der Waals surface area contributed by atoms with Crippen LogP contribution < -0.4 is 15.4 Å². The molecule has 3 N–H and O–H groups in total. The molecule has 4 rings (SSSR count). The van der Waals surface area contributed by atoms with Crippen molar-refractivity contribution in [2.75, 3.05) is 11.9 Å². The standard InChI is InChI=1S/C24H19ClF3N5O2S/c25-17-3-1-2-16(12-17)21(13-34)31-23(36)30-18-6-4-15(5-7-18)22-29-14-33(32-22)19-8-10-20(11-9-19)35-24(26,27)28/h1-12,14,21,34H,13H2,(H2,30,31,36). The fraction of sp³-hybridized carbons (Fsp3) is 0.125. The smallest absolute Gasteiger partial charge is 0.406 e. The Kier molecular flexibility index (Phi) is 7.73. The number of thiocarbonyl (C=S) groups is 1. The van der Waals surface area contributed by atoms with Crippen molar-refractivity contribution in [1.82, 2.24) is 20.1 Å². The van der Waals surface area contributed by atoms with E-state index in [9.17, 15) is 18.3 Å². The molecule has 0 radical (unpaired) electrons. The lowest BCUT2D eigenvalue weighted by Gasteiger charge is -2.19. The Morgan fingerprint density at radius 3 is 2.44 bits per heavy atom. The highest BCUT2D eigenvalue weighted by Crippen LogP contribution is 2.24. The van der Waals surface area contributed by atoms with E-state index in [1.165, 1.54) is 35.3 Å². The summed E-state index contributed by atoms with van der Waals surface area (Å²) in [5.41, 5.74) is 2.76. The van der Waals surface area contributed by atoms with Gasteiger partial charge in [0.1, 0.15) is 12.1 Å². The fourth-order valence-corrected chi connectivity index (χ4v) is 3.76. The Balaban J connectivity index is 1.38. The van der Waals surface area contributed by atoms with E-state index in [1.54, 1.807) is 42.5 Å². The Hall–Kier alpha value is -3.67. The molecule has 0 bridgehead atoms. The molecule has 36 heavy (non-hydrogen) atoms. The van der Waals surface area contributed by atoms with Crippen LogP contribution in [0.3, 0.4) is 0 Å². The van der Waals surface area contributed by atoms with Gasteiger partial charge in [0, 0.05) is 16.3 Å². The van der Waals surface area contributed by atoms with Crippen LogP contribution in [0.25, 0.3) is 17.1 Å². The predicted molar refractivity (Wildman–Crippen MR) is 134 cm³/mol. The lowest BCUT2D eigenvalue weighted by molar-refractivity contribution is -0.274. The molecule has 1 aromatic heterocycles. The van der Waals surface area contributed by atoms with Gasteiger partial charge in [-0.2, -0.15) is 0 Å². The van der Waals surface area contributed by atoms with Gasteiger partial charge in [-0.25, -0.2) is 9.67 Å². The first-order valence-electron chi connectivity index (χ1n) is 10.5. The maximum absolute atomic E-state index is 12.3. The highest BCUT2D eigenvalue weighted by atomic mass is 35.5. The summed E-state index contributed by atoms with van der Waals surface area (Å²) in [4.78, 5) is 4.27. The Morgan fingerprint density at radius 1 is 1.08 bits per heavy atom. The largest absolute Gasteiger partial charge is 0.573 e. The van der Waals surface area contributed by atoms with Crippen LogP contribution in [0.4, 0.5) is 18.9 Å². The Bertz CT molecular complexity index is 1330. The molecule has 1 atom stereocenters. The van der Waals surface area contributed by atoms with Crippen molar-refractivity contribution in [1.29, 1.82) is 0 Å². The molecule has 0 amide bonds. The van der Waals surface area contributed by atoms with Gasteiger partial charge in [-0.05, 0) is 78.4 Å². The van der Waals surface area contributed by atoms with Gasteiger partial charge in [-0.1, -0.05) is 23.7 Å². The van der Waals surface area contributed by atoms with Crippen molar-refractivity contribution in [2.45, 2.75) is 12.4 Å². The third kappa shape index (κ3) is 6.72. The second-order valence-corrected chi connectivity index (χ2v) is 8.37. The van der Waals surface area contributed by atoms with Crippen molar-refractivity contribution in [3.05, 3.63) is 89.7 Å². The van der Waals surface area contributed by atoms with E-state index in [4.69, 9.17) is 23.8 Å². The van der Waals surface area contributed by atoms with E-state index in [1.807, 2.05) is 6.07 Å². The number of anilines is 1. The molecule has 0 fully saturated rings. The molecule has 3 aromatic carbocycles. The highest BCUT2D eigenvalue weighted by molar-refractivity contribution is 7.80. The molecule has 0 aliphatic heterocycles. The van der Waals surface area contributed by atoms with Crippen LogP contribution >= 0.6 is 23.8 Å². The quantitative estimate of drug-likeness (QED) is 0.270. The van der Waals surface area contributed by atoms with Crippen LogP contribution in [0.5, 0.6) is 5.75 Å². The number of hydrogen-bond donors (Lipinski definition) is 3. The van der Waals surface area contributed by atoms with E-state index >= 15 is 0 Å². The molecule has 186 valence electrons. The van der Waals surface area contributed by atoms with Gasteiger partial charge in [0.05, 0.1) is 18.3 Å². The number of aromatic nitrogens is 3. The topological polar surface area (TPSA) is 84.2 Å². The minimum Gasteiger partial charge on any atom is -0.406 e. The molecule has 4 aromatic rings.